The molecule has 0 radical (unpaired) electrons. The maximum Gasteiger partial charge on any atom is 0.193 e. The van der Waals surface area contributed by atoms with Crippen molar-refractivity contribution in [3.63, 3.8) is 0 Å². The molecule has 0 bridgehead atoms. The highest BCUT2D eigenvalue weighted by Crippen LogP contribution is 2.19. The van der Waals surface area contributed by atoms with Gasteiger partial charge in [-0.25, -0.2) is 0 Å². The van der Waals surface area contributed by atoms with Crippen LogP contribution < -0.4 is 5.32 Å². The standard InChI is InChI=1S/C20H32N4/c1-17(2)23(4)15-12-22-20(21-3)24-13-10-19(11-14-24)16-18-8-6-5-7-9-18/h5-9,16-17H,10-15H2,1-4H3,(H,21,22). The van der Waals surface area contributed by atoms with Gasteiger partial charge in [-0.15, -0.1) is 0 Å². The molecule has 2 rings (SSSR count). The Hall–Kier alpha value is -1.81. The fraction of sp³-hybridized carbons (Fsp3) is 0.550. The van der Waals surface area contributed by atoms with Crippen LogP contribution in [0.5, 0.6) is 0 Å². The summed E-state index contributed by atoms with van der Waals surface area (Å²) in [6.45, 7) is 8.49. The Bertz CT molecular complexity index is 538. The van der Waals surface area contributed by atoms with Crippen LogP contribution >= 0.6 is 0 Å². The van der Waals surface area contributed by atoms with Crippen molar-refractivity contribution >= 4 is 12.0 Å². The average molecular weight is 329 g/mol. The third-order valence-electron chi connectivity index (χ3n) is 4.72. The van der Waals surface area contributed by atoms with E-state index in [0.717, 1.165) is 45.0 Å². The predicted molar refractivity (Wildman–Crippen MR) is 104 cm³/mol. The highest BCUT2D eigenvalue weighted by molar-refractivity contribution is 5.80. The second-order valence-electron chi connectivity index (χ2n) is 6.75. The van der Waals surface area contributed by atoms with Gasteiger partial charge in [0.25, 0.3) is 0 Å². The SMILES string of the molecule is CN=C(NCCN(C)C(C)C)N1CCC(=Cc2ccccc2)CC1. The first-order valence-corrected chi connectivity index (χ1v) is 9.00. The Balaban J connectivity index is 1.80. The third kappa shape index (κ3) is 5.68. The van der Waals surface area contributed by atoms with Gasteiger partial charge in [0.2, 0.25) is 0 Å². The summed E-state index contributed by atoms with van der Waals surface area (Å²) in [5.74, 6) is 1.03. The molecule has 0 aromatic heterocycles. The van der Waals surface area contributed by atoms with E-state index in [9.17, 15) is 0 Å². The van der Waals surface area contributed by atoms with Crippen molar-refractivity contribution < 1.29 is 0 Å². The maximum absolute atomic E-state index is 4.46. The number of aliphatic imine (C=N–C) groups is 1. The minimum atomic E-state index is 0.578. The molecule has 1 fully saturated rings. The number of guanidine groups is 1. The Morgan fingerprint density at radius 2 is 1.92 bits per heavy atom. The second-order valence-corrected chi connectivity index (χ2v) is 6.75. The summed E-state index contributed by atoms with van der Waals surface area (Å²) in [7, 11) is 4.04. The molecule has 0 saturated carbocycles. The monoisotopic (exact) mass is 328 g/mol. The Kier molecular flexibility index (Phi) is 7.32. The zero-order valence-corrected chi connectivity index (χ0v) is 15.6. The van der Waals surface area contributed by atoms with Crippen molar-refractivity contribution in [3.8, 4) is 0 Å². The average Bonchev–Trinajstić information content (AvgIpc) is 2.60. The van der Waals surface area contributed by atoms with E-state index in [1.165, 1.54) is 11.1 Å². The van der Waals surface area contributed by atoms with Crippen molar-refractivity contribution in [2.75, 3.05) is 40.3 Å². The largest absolute Gasteiger partial charge is 0.355 e. The molecule has 1 N–H and O–H groups in total. The van der Waals surface area contributed by atoms with Gasteiger partial charge in [0, 0.05) is 39.3 Å². The molecule has 4 nitrogen and oxygen atoms in total. The highest BCUT2D eigenvalue weighted by Gasteiger charge is 2.17. The van der Waals surface area contributed by atoms with E-state index in [2.05, 4.69) is 77.4 Å². The lowest BCUT2D eigenvalue weighted by atomic mass is 10.0. The lowest BCUT2D eigenvalue weighted by Gasteiger charge is -2.32. The summed E-state index contributed by atoms with van der Waals surface area (Å²) in [4.78, 5) is 9.17. The van der Waals surface area contributed by atoms with Crippen molar-refractivity contribution in [2.45, 2.75) is 32.7 Å². The molecule has 0 spiro atoms. The van der Waals surface area contributed by atoms with Crippen LogP contribution in [0.1, 0.15) is 32.3 Å². The smallest absolute Gasteiger partial charge is 0.193 e. The van der Waals surface area contributed by atoms with E-state index < -0.39 is 0 Å². The van der Waals surface area contributed by atoms with Crippen molar-refractivity contribution in [3.05, 3.63) is 41.5 Å². The Morgan fingerprint density at radius 3 is 2.50 bits per heavy atom. The van der Waals surface area contributed by atoms with Crippen LogP contribution in [0.2, 0.25) is 0 Å². The molecular formula is C20H32N4. The molecule has 1 saturated heterocycles. The number of rotatable bonds is 5. The number of hydrogen-bond acceptors (Lipinski definition) is 2. The van der Waals surface area contributed by atoms with Gasteiger partial charge in [0.15, 0.2) is 5.96 Å². The van der Waals surface area contributed by atoms with Gasteiger partial charge >= 0.3 is 0 Å². The number of nitrogens with zero attached hydrogens (tertiary/aromatic N) is 3. The molecule has 4 heteroatoms. The Labute approximate surface area is 147 Å². The molecule has 1 aromatic carbocycles. The zero-order chi connectivity index (χ0) is 17.4. The molecule has 0 aliphatic carbocycles. The van der Waals surface area contributed by atoms with Crippen LogP contribution in [-0.4, -0.2) is 62.1 Å². The molecule has 132 valence electrons. The van der Waals surface area contributed by atoms with E-state index in [1.54, 1.807) is 0 Å². The van der Waals surface area contributed by atoms with Crippen molar-refractivity contribution in [1.29, 1.82) is 0 Å². The van der Waals surface area contributed by atoms with E-state index in [1.807, 2.05) is 7.05 Å². The van der Waals surface area contributed by atoms with Crippen LogP contribution in [0.3, 0.4) is 0 Å². The van der Waals surface area contributed by atoms with Gasteiger partial charge in [-0.3, -0.25) is 4.99 Å². The summed E-state index contributed by atoms with van der Waals surface area (Å²) in [6, 6.07) is 11.2. The van der Waals surface area contributed by atoms with E-state index in [0.29, 0.717) is 6.04 Å². The fourth-order valence-electron chi connectivity index (χ4n) is 2.87. The van der Waals surface area contributed by atoms with Gasteiger partial charge in [-0.05, 0) is 39.3 Å². The molecule has 0 atom stereocenters. The van der Waals surface area contributed by atoms with Crippen LogP contribution in [0.15, 0.2) is 40.9 Å². The molecule has 24 heavy (non-hydrogen) atoms. The second kappa shape index (κ2) is 9.48. The molecule has 1 heterocycles. The lowest BCUT2D eigenvalue weighted by molar-refractivity contribution is 0.275. The fourth-order valence-corrected chi connectivity index (χ4v) is 2.87. The summed E-state index contributed by atoms with van der Waals surface area (Å²) >= 11 is 0. The molecular weight excluding hydrogens is 296 g/mol. The quantitative estimate of drug-likeness (QED) is 0.666. The maximum atomic E-state index is 4.46. The number of hydrogen-bond donors (Lipinski definition) is 1. The Morgan fingerprint density at radius 1 is 1.25 bits per heavy atom. The van der Waals surface area contributed by atoms with Gasteiger partial charge in [-0.2, -0.15) is 0 Å². The number of piperidine rings is 1. The van der Waals surface area contributed by atoms with Crippen LogP contribution in [0.25, 0.3) is 6.08 Å². The van der Waals surface area contributed by atoms with Crippen LogP contribution in [0.4, 0.5) is 0 Å². The molecule has 1 aromatic rings. The minimum Gasteiger partial charge on any atom is -0.355 e. The number of nitrogens with one attached hydrogen (secondary N) is 1. The first-order valence-electron chi connectivity index (χ1n) is 9.00. The molecule has 1 aliphatic rings. The first kappa shape index (κ1) is 18.5. The lowest BCUT2D eigenvalue weighted by Crippen LogP contribution is -2.46. The predicted octanol–water partition coefficient (Wildman–Crippen LogP) is 3.08. The highest BCUT2D eigenvalue weighted by atomic mass is 15.3. The van der Waals surface area contributed by atoms with Crippen molar-refractivity contribution in [1.82, 2.24) is 15.1 Å². The van der Waals surface area contributed by atoms with Gasteiger partial charge in [-0.1, -0.05) is 42.0 Å². The van der Waals surface area contributed by atoms with Crippen LogP contribution in [-0.2, 0) is 0 Å². The van der Waals surface area contributed by atoms with Crippen molar-refractivity contribution in [2.24, 2.45) is 4.99 Å². The van der Waals surface area contributed by atoms with E-state index in [-0.39, 0.29) is 0 Å². The van der Waals surface area contributed by atoms with E-state index in [4.69, 9.17) is 0 Å². The summed E-state index contributed by atoms with van der Waals surface area (Å²) in [5.41, 5.74) is 2.84. The summed E-state index contributed by atoms with van der Waals surface area (Å²) < 4.78 is 0. The molecule has 0 unspecified atom stereocenters. The molecule has 1 aliphatic heterocycles. The van der Waals surface area contributed by atoms with Gasteiger partial charge in [0.05, 0.1) is 0 Å². The van der Waals surface area contributed by atoms with Gasteiger partial charge in [0.1, 0.15) is 0 Å². The first-order chi connectivity index (χ1) is 11.6. The summed E-state index contributed by atoms with van der Waals surface area (Å²) in [5, 5.41) is 3.50. The molecule has 0 amide bonds. The summed E-state index contributed by atoms with van der Waals surface area (Å²) in [6.07, 6.45) is 4.56. The van der Waals surface area contributed by atoms with Gasteiger partial charge < -0.3 is 15.1 Å². The zero-order valence-electron chi connectivity index (χ0n) is 15.6. The minimum absolute atomic E-state index is 0.578. The van der Waals surface area contributed by atoms with Crippen LogP contribution in [0, 0.1) is 0 Å². The number of likely N-dealkylation sites (tertiary alicyclic amines) is 1. The topological polar surface area (TPSA) is 30.9 Å². The third-order valence-corrected chi connectivity index (χ3v) is 4.72. The normalized spacial score (nSPS) is 16.0. The number of benzene rings is 1. The van der Waals surface area contributed by atoms with E-state index >= 15 is 0 Å². The number of likely N-dealkylation sites (N-methyl/N-ethyl adjacent to an activating group) is 1.